The predicted molar refractivity (Wildman–Crippen MR) is 43.3 cm³/mol. The maximum Gasteiger partial charge on any atom is 0.0988 e. The highest BCUT2D eigenvalue weighted by molar-refractivity contribution is 5.35. The first-order valence-corrected chi connectivity index (χ1v) is 3.10. The molecular formula is C9H11N. The molecular weight excluding hydrogens is 122 g/mol. The molecule has 0 heterocycles. The third-order valence-electron chi connectivity index (χ3n) is 0.988. The van der Waals surface area contributed by atoms with Gasteiger partial charge in [-0.3, -0.25) is 0 Å². The number of nitrogens with zero attached hydrogens (tertiary/aromatic N) is 1. The molecule has 0 aliphatic carbocycles. The Morgan fingerprint density at radius 3 is 2.40 bits per heavy atom. The van der Waals surface area contributed by atoms with Gasteiger partial charge in [0.05, 0.1) is 6.07 Å². The maximum absolute atomic E-state index is 8.44. The van der Waals surface area contributed by atoms with Crippen LogP contribution in [0.3, 0.4) is 0 Å². The zero-order chi connectivity index (χ0) is 7.98. The van der Waals surface area contributed by atoms with E-state index in [1.807, 2.05) is 26.0 Å². The molecule has 0 fully saturated rings. The van der Waals surface area contributed by atoms with Crippen LogP contribution in [0.15, 0.2) is 36.0 Å². The molecule has 0 aromatic carbocycles. The van der Waals surface area contributed by atoms with E-state index in [4.69, 9.17) is 5.26 Å². The van der Waals surface area contributed by atoms with Crippen LogP contribution in [0.2, 0.25) is 0 Å². The quantitative estimate of drug-likeness (QED) is 0.419. The average molecular weight is 133 g/mol. The van der Waals surface area contributed by atoms with Gasteiger partial charge in [0.1, 0.15) is 0 Å². The lowest BCUT2D eigenvalue weighted by Crippen LogP contribution is -1.69. The molecule has 1 nitrogen and oxygen atoms in total. The van der Waals surface area contributed by atoms with Gasteiger partial charge in [-0.1, -0.05) is 24.3 Å². The van der Waals surface area contributed by atoms with Gasteiger partial charge >= 0.3 is 0 Å². The van der Waals surface area contributed by atoms with E-state index in [9.17, 15) is 0 Å². The van der Waals surface area contributed by atoms with E-state index in [1.165, 1.54) is 0 Å². The van der Waals surface area contributed by atoms with Gasteiger partial charge in [-0.15, -0.1) is 0 Å². The smallest absolute Gasteiger partial charge is 0.0988 e. The summed E-state index contributed by atoms with van der Waals surface area (Å²) < 4.78 is 0. The van der Waals surface area contributed by atoms with Gasteiger partial charge < -0.3 is 0 Å². The molecule has 0 aromatic heterocycles. The number of allylic oxidation sites excluding steroid dienone is 5. The summed E-state index contributed by atoms with van der Waals surface area (Å²) in [6.07, 6.45) is 5.33. The molecule has 0 radical (unpaired) electrons. The highest BCUT2D eigenvalue weighted by Gasteiger charge is 1.82. The molecule has 0 saturated carbocycles. The van der Waals surface area contributed by atoms with E-state index in [1.54, 1.807) is 12.2 Å². The predicted octanol–water partition coefficient (Wildman–Crippen LogP) is 2.59. The minimum atomic E-state index is 0.669. The van der Waals surface area contributed by atoms with Crippen molar-refractivity contribution in [3.05, 3.63) is 36.0 Å². The van der Waals surface area contributed by atoms with Crippen molar-refractivity contribution in [3.63, 3.8) is 0 Å². The van der Waals surface area contributed by atoms with Gasteiger partial charge in [0.15, 0.2) is 0 Å². The van der Waals surface area contributed by atoms with Crippen molar-refractivity contribution >= 4 is 0 Å². The second-order valence-corrected chi connectivity index (χ2v) is 2.04. The van der Waals surface area contributed by atoms with E-state index >= 15 is 0 Å². The van der Waals surface area contributed by atoms with Gasteiger partial charge in [0.25, 0.3) is 0 Å². The topological polar surface area (TPSA) is 23.8 Å². The van der Waals surface area contributed by atoms with Gasteiger partial charge in [-0.25, -0.2) is 0 Å². The summed E-state index contributed by atoms with van der Waals surface area (Å²) >= 11 is 0. The third kappa shape index (κ3) is 3.68. The van der Waals surface area contributed by atoms with Crippen LogP contribution in [0, 0.1) is 11.3 Å². The van der Waals surface area contributed by atoms with Crippen molar-refractivity contribution in [3.8, 4) is 6.07 Å². The maximum atomic E-state index is 8.44. The SMILES string of the molecule is C=C(C)C=CC(C#N)=CC. The van der Waals surface area contributed by atoms with Crippen LogP contribution in [0.1, 0.15) is 13.8 Å². The summed E-state index contributed by atoms with van der Waals surface area (Å²) in [5.41, 5.74) is 1.62. The molecule has 0 N–H and O–H groups in total. The second kappa shape index (κ2) is 4.58. The van der Waals surface area contributed by atoms with Crippen LogP contribution < -0.4 is 0 Å². The van der Waals surface area contributed by atoms with Crippen LogP contribution in [-0.2, 0) is 0 Å². The molecule has 0 bridgehead atoms. The monoisotopic (exact) mass is 133 g/mol. The van der Waals surface area contributed by atoms with Crippen LogP contribution >= 0.6 is 0 Å². The Kier molecular flexibility index (Phi) is 3.99. The van der Waals surface area contributed by atoms with Crippen LogP contribution in [-0.4, -0.2) is 0 Å². The first-order chi connectivity index (χ1) is 4.70. The number of rotatable bonds is 2. The first-order valence-electron chi connectivity index (χ1n) is 3.10. The lowest BCUT2D eigenvalue weighted by molar-refractivity contribution is 1.47. The highest BCUT2D eigenvalue weighted by Crippen LogP contribution is 1.97. The zero-order valence-electron chi connectivity index (χ0n) is 6.39. The fourth-order valence-corrected chi connectivity index (χ4v) is 0.430. The minimum Gasteiger partial charge on any atom is -0.192 e. The highest BCUT2D eigenvalue weighted by atomic mass is 14.2. The Hall–Kier alpha value is -1.29. The summed E-state index contributed by atoms with van der Waals surface area (Å²) in [6.45, 7) is 7.40. The van der Waals surface area contributed by atoms with Gasteiger partial charge in [-0.2, -0.15) is 5.26 Å². The van der Waals surface area contributed by atoms with E-state index in [0.717, 1.165) is 5.57 Å². The molecule has 0 aliphatic rings. The zero-order valence-corrected chi connectivity index (χ0v) is 6.39. The van der Waals surface area contributed by atoms with E-state index in [2.05, 4.69) is 6.58 Å². The molecule has 0 amide bonds. The minimum absolute atomic E-state index is 0.669. The molecule has 0 spiro atoms. The Balaban J connectivity index is 4.16. The number of nitriles is 1. The number of hydrogen-bond donors (Lipinski definition) is 0. The van der Waals surface area contributed by atoms with Crippen LogP contribution in [0.25, 0.3) is 0 Å². The van der Waals surface area contributed by atoms with Gasteiger partial charge in [0.2, 0.25) is 0 Å². The Labute approximate surface area is 62.0 Å². The molecule has 0 aliphatic heterocycles. The molecule has 52 valence electrons. The Bertz CT molecular complexity index is 213. The fraction of sp³-hybridized carbons (Fsp3) is 0.222. The molecule has 0 aromatic rings. The molecule has 0 atom stereocenters. The average Bonchev–Trinajstić information content (AvgIpc) is 1.90. The van der Waals surface area contributed by atoms with Crippen molar-refractivity contribution in [2.45, 2.75) is 13.8 Å². The van der Waals surface area contributed by atoms with Gasteiger partial charge in [0, 0.05) is 5.57 Å². The Morgan fingerprint density at radius 2 is 2.10 bits per heavy atom. The molecule has 0 saturated heterocycles. The van der Waals surface area contributed by atoms with Crippen molar-refractivity contribution in [1.29, 1.82) is 5.26 Å². The summed E-state index contributed by atoms with van der Waals surface area (Å²) in [7, 11) is 0. The van der Waals surface area contributed by atoms with Crippen molar-refractivity contribution in [2.75, 3.05) is 0 Å². The fourth-order valence-electron chi connectivity index (χ4n) is 0.430. The van der Waals surface area contributed by atoms with Crippen LogP contribution in [0.4, 0.5) is 0 Å². The van der Waals surface area contributed by atoms with Crippen molar-refractivity contribution < 1.29 is 0 Å². The summed E-state index contributed by atoms with van der Waals surface area (Å²) in [5.74, 6) is 0. The third-order valence-corrected chi connectivity index (χ3v) is 0.988. The molecule has 0 rings (SSSR count). The van der Waals surface area contributed by atoms with Crippen molar-refractivity contribution in [1.82, 2.24) is 0 Å². The lowest BCUT2D eigenvalue weighted by atomic mass is 10.2. The molecule has 1 heteroatoms. The van der Waals surface area contributed by atoms with Gasteiger partial charge in [-0.05, 0) is 19.9 Å². The standard InChI is InChI=1S/C9H11N/c1-4-9(7-10)6-5-8(2)3/h4-6H,2H2,1,3H3. The van der Waals surface area contributed by atoms with Crippen molar-refractivity contribution in [2.24, 2.45) is 0 Å². The van der Waals surface area contributed by atoms with E-state index in [-0.39, 0.29) is 0 Å². The lowest BCUT2D eigenvalue weighted by Gasteiger charge is -1.84. The molecule has 10 heavy (non-hydrogen) atoms. The van der Waals surface area contributed by atoms with Crippen LogP contribution in [0.5, 0.6) is 0 Å². The second-order valence-electron chi connectivity index (χ2n) is 2.04. The van der Waals surface area contributed by atoms with E-state index in [0.29, 0.717) is 5.57 Å². The first kappa shape index (κ1) is 8.71. The normalized spacial score (nSPS) is 11.5. The number of hydrogen-bond acceptors (Lipinski definition) is 1. The molecule has 0 unspecified atom stereocenters. The summed E-state index contributed by atoms with van der Waals surface area (Å²) in [4.78, 5) is 0. The summed E-state index contributed by atoms with van der Waals surface area (Å²) in [6, 6.07) is 2.04. The summed E-state index contributed by atoms with van der Waals surface area (Å²) in [5, 5.41) is 8.44. The largest absolute Gasteiger partial charge is 0.192 e. The Morgan fingerprint density at radius 1 is 1.50 bits per heavy atom. The van der Waals surface area contributed by atoms with E-state index < -0.39 is 0 Å².